The number of carbonyl (C=O) groups is 3. The molecule has 29 heavy (non-hydrogen) atoms. The maximum absolute atomic E-state index is 12.0. The number of hydrogen-bond donors (Lipinski definition) is 2. The Balaban J connectivity index is 1.39. The zero-order valence-corrected chi connectivity index (χ0v) is 17.0. The third-order valence-corrected chi connectivity index (χ3v) is 5.77. The van der Waals surface area contributed by atoms with Crippen molar-refractivity contribution in [3.05, 3.63) is 35.6 Å². The van der Waals surface area contributed by atoms with Crippen LogP contribution in [0.3, 0.4) is 0 Å². The van der Waals surface area contributed by atoms with Crippen LogP contribution in [0, 0.1) is 5.92 Å². The Labute approximate surface area is 173 Å². The van der Waals surface area contributed by atoms with Crippen LogP contribution in [0.25, 0.3) is 10.6 Å². The Bertz CT molecular complexity index is 855. The zero-order chi connectivity index (χ0) is 20.6. The predicted molar refractivity (Wildman–Crippen MR) is 108 cm³/mol. The summed E-state index contributed by atoms with van der Waals surface area (Å²) in [5.74, 6) is -0.852. The summed E-state index contributed by atoms with van der Waals surface area (Å²) in [7, 11) is 0. The molecule has 154 valence electrons. The first-order valence-corrected chi connectivity index (χ1v) is 10.5. The lowest BCUT2D eigenvalue weighted by Gasteiger charge is -2.29. The molecule has 2 aromatic heterocycles. The largest absolute Gasteiger partial charge is 0.455 e. The topological polar surface area (TPSA) is 110 Å². The van der Waals surface area contributed by atoms with E-state index in [0.29, 0.717) is 11.6 Å². The SMILES string of the molecule is C[C@@H]1CCCC[C@H]1NC(=O)NC(=O)COC(=O)Cc1csc(-c2cccnc2)n1. The van der Waals surface area contributed by atoms with Gasteiger partial charge in [0, 0.05) is 29.4 Å². The standard InChI is InChI=1S/C20H24N4O4S/c1-13-5-2-3-7-16(13)23-20(27)24-17(25)11-28-18(26)9-15-12-29-19(22-15)14-6-4-8-21-10-14/h4,6,8,10,12-13,16H,2-3,5,7,9,11H2,1H3,(H2,23,24,25,27)/t13-,16-/m1/s1. The third-order valence-electron chi connectivity index (χ3n) is 4.83. The Kier molecular flexibility index (Phi) is 7.29. The minimum absolute atomic E-state index is 0.0458. The minimum Gasteiger partial charge on any atom is -0.455 e. The minimum atomic E-state index is -0.659. The van der Waals surface area contributed by atoms with Gasteiger partial charge in [0.2, 0.25) is 0 Å². The van der Waals surface area contributed by atoms with E-state index >= 15 is 0 Å². The number of ether oxygens (including phenoxy) is 1. The molecule has 0 aliphatic heterocycles. The number of urea groups is 1. The fourth-order valence-electron chi connectivity index (χ4n) is 3.25. The summed E-state index contributed by atoms with van der Waals surface area (Å²) in [6, 6.07) is 3.22. The molecule has 2 aromatic rings. The summed E-state index contributed by atoms with van der Waals surface area (Å²) in [5, 5.41) is 7.55. The molecule has 9 heteroatoms. The first-order valence-electron chi connectivity index (χ1n) is 9.62. The fourth-order valence-corrected chi connectivity index (χ4v) is 4.06. The number of amides is 3. The van der Waals surface area contributed by atoms with Gasteiger partial charge in [-0.25, -0.2) is 9.78 Å². The lowest BCUT2D eigenvalue weighted by atomic mass is 9.86. The van der Waals surface area contributed by atoms with Crippen molar-refractivity contribution in [2.24, 2.45) is 5.92 Å². The van der Waals surface area contributed by atoms with Crippen molar-refractivity contribution < 1.29 is 19.1 Å². The van der Waals surface area contributed by atoms with E-state index in [4.69, 9.17) is 4.74 Å². The van der Waals surface area contributed by atoms with Gasteiger partial charge in [-0.2, -0.15) is 0 Å². The summed E-state index contributed by atoms with van der Waals surface area (Å²) in [4.78, 5) is 44.2. The van der Waals surface area contributed by atoms with Crippen LogP contribution in [-0.2, 0) is 20.7 Å². The Morgan fingerprint density at radius 3 is 2.86 bits per heavy atom. The van der Waals surface area contributed by atoms with Crippen LogP contribution < -0.4 is 10.6 Å². The van der Waals surface area contributed by atoms with E-state index in [2.05, 4.69) is 27.5 Å². The van der Waals surface area contributed by atoms with Gasteiger partial charge in [-0.05, 0) is 30.9 Å². The van der Waals surface area contributed by atoms with Crippen LogP contribution >= 0.6 is 11.3 Å². The third kappa shape index (κ3) is 6.35. The molecular weight excluding hydrogens is 392 g/mol. The van der Waals surface area contributed by atoms with Gasteiger partial charge in [-0.15, -0.1) is 11.3 Å². The molecular formula is C20H24N4O4S. The van der Waals surface area contributed by atoms with Crippen molar-refractivity contribution in [1.82, 2.24) is 20.6 Å². The van der Waals surface area contributed by atoms with Crippen LogP contribution in [0.2, 0.25) is 0 Å². The second-order valence-corrected chi connectivity index (χ2v) is 7.97. The van der Waals surface area contributed by atoms with Crippen molar-refractivity contribution in [3.8, 4) is 10.6 Å². The summed E-state index contributed by atoms with van der Waals surface area (Å²) in [5.41, 5.74) is 1.43. The fraction of sp³-hybridized carbons (Fsp3) is 0.450. The van der Waals surface area contributed by atoms with Gasteiger partial charge < -0.3 is 10.1 Å². The number of nitrogens with zero attached hydrogens (tertiary/aromatic N) is 2. The summed E-state index contributed by atoms with van der Waals surface area (Å²) in [6.07, 6.45) is 7.54. The number of nitrogens with one attached hydrogen (secondary N) is 2. The van der Waals surface area contributed by atoms with Crippen molar-refractivity contribution in [2.75, 3.05) is 6.61 Å². The highest BCUT2D eigenvalue weighted by molar-refractivity contribution is 7.13. The van der Waals surface area contributed by atoms with Crippen molar-refractivity contribution in [1.29, 1.82) is 0 Å². The predicted octanol–water partition coefficient (Wildman–Crippen LogP) is 2.70. The highest BCUT2D eigenvalue weighted by atomic mass is 32.1. The van der Waals surface area contributed by atoms with E-state index in [0.717, 1.165) is 29.8 Å². The number of rotatable bonds is 6. The number of pyridine rings is 1. The van der Waals surface area contributed by atoms with Gasteiger partial charge in [0.1, 0.15) is 5.01 Å². The average Bonchev–Trinajstić information content (AvgIpc) is 3.17. The lowest BCUT2D eigenvalue weighted by Crippen LogP contribution is -2.48. The molecule has 2 atom stereocenters. The van der Waals surface area contributed by atoms with E-state index < -0.39 is 24.5 Å². The van der Waals surface area contributed by atoms with E-state index in [9.17, 15) is 14.4 Å². The van der Waals surface area contributed by atoms with E-state index in [-0.39, 0.29) is 12.5 Å². The van der Waals surface area contributed by atoms with Gasteiger partial charge in [-0.1, -0.05) is 19.8 Å². The monoisotopic (exact) mass is 416 g/mol. The van der Waals surface area contributed by atoms with Crippen LogP contribution in [0.4, 0.5) is 4.79 Å². The van der Waals surface area contributed by atoms with Crippen LogP contribution in [0.15, 0.2) is 29.9 Å². The van der Waals surface area contributed by atoms with Crippen LogP contribution in [0.1, 0.15) is 38.3 Å². The van der Waals surface area contributed by atoms with Crippen LogP contribution in [0.5, 0.6) is 0 Å². The number of esters is 1. The Hall–Kier alpha value is -2.81. The molecule has 0 unspecified atom stereocenters. The Morgan fingerprint density at radius 1 is 1.28 bits per heavy atom. The van der Waals surface area contributed by atoms with Gasteiger partial charge in [0.05, 0.1) is 12.1 Å². The second kappa shape index (κ2) is 10.1. The molecule has 3 amide bonds. The maximum Gasteiger partial charge on any atom is 0.321 e. The van der Waals surface area contributed by atoms with Gasteiger partial charge in [0.25, 0.3) is 5.91 Å². The molecule has 1 aliphatic rings. The quantitative estimate of drug-likeness (QED) is 0.701. The molecule has 0 radical (unpaired) electrons. The number of carbonyl (C=O) groups excluding carboxylic acids is 3. The van der Waals surface area contributed by atoms with Crippen molar-refractivity contribution >= 4 is 29.2 Å². The molecule has 3 rings (SSSR count). The first-order chi connectivity index (χ1) is 14.0. The Morgan fingerprint density at radius 2 is 2.10 bits per heavy atom. The first kappa shape index (κ1) is 20.9. The molecule has 2 N–H and O–H groups in total. The second-order valence-electron chi connectivity index (χ2n) is 7.11. The van der Waals surface area contributed by atoms with E-state index in [1.54, 1.807) is 17.8 Å². The van der Waals surface area contributed by atoms with Gasteiger partial charge in [0.15, 0.2) is 6.61 Å². The number of hydrogen-bond acceptors (Lipinski definition) is 7. The van der Waals surface area contributed by atoms with Gasteiger partial charge >= 0.3 is 12.0 Å². The molecule has 1 aliphatic carbocycles. The molecule has 0 spiro atoms. The summed E-state index contributed by atoms with van der Waals surface area (Å²) < 4.78 is 4.96. The number of imide groups is 1. The molecule has 2 heterocycles. The average molecular weight is 417 g/mol. The molecule has 0 saturated heterocycles. The van der Waals surface area contributed by atoms with Crippen molar-refractivity contribution in [2.45, 2.75) is 45.1 Å². The zero-order valence-electron chi connectivity index (χ0n) is 16.2. The number of thiazole rings is 1. The van der Waals surface area contributed by atoms with E-state index in [1.165, 1.54) is 17.8 Å². The van der Waals surface area contributed by atoms with Gasteiger partial charge in [-0.3, -0.25) is 19.9 Å². The molecule has 1 fully saturated rings. The summed E-state index contributed by atoms with van der Waals surface area (Å²) >= 11 is 1.40. The highest BCUT2D eigenvalue weighted by Gasteiger charge is 2.23. The molecule has 0 aromatic carbocycles. The highest BCUT2D eigenvalue weighted by Crippen LogP contribution is 2.24. The normalized spacial score (nSPS) is 18.7. The lowest BCUT2D eigenvalue weighted by molar-refractivity contribution is -0.147. The molecule has 0 bridgehead atoms. The maximum atomic E-state index is 12.0. The molecule has 1 saturated carbocycles. The van der Waals surface area contributed by atoms with Crippen LogP contribution in [-0.4, -0.2) is 40.5 Å². The van der Waals surface area contributed by atoms with E-state index in [1.807, 2.05) is 12.1 Å². The number of aromatic nitrogens is 2. The smallest absolute Gasteiger partial charge is 0.321 e. The summed E-state index contributed by atoms with van der Waals surface area (Å²) in [6.45, 7) is 1.58. The molecule has 8 nitrogen and oxygen atoms in total. The van der Waals surface area contributed by atoms with Crippen molar-refractivity contribution in [3.63, 3.8) is 0 Å².